The van der Waals surface area contributed by atoms with Crippen LogP contribution >= 0.6 is 0 Å². The Hall–Kier alpha value is -1.71. The van der Waals surface area contributed by atoms with Crippen LogP contribution in [-0.4, -0.2) is 5.16 Å². The zero-order chi connectivity index (χ0) is 8.55. The van der Waals surface area contributed by atoms with Gasteiger partial charge in [0.05, 0.1) is 6.26 Å². The number of hydrogen-bond donors (Lipinski definition) is 1. The minimum absolute atomic E-state index is 0.404. The van der Waals surface area contributed by atoms with Crippen LogP contribution in [-0.2, 0) is 0 Å². The fourth-order valence-electron chi connectivity index (χ4n) is 0.986. The molecule has 2 heterocycles. The lowest BCUT2D eigenvalue weighted by Crippen LogP contribution is -1.85. The van der Waals surface area contributed by atoms with Gasteiger partial charge in [-0.2, -0.15) is 0 Å². The van der Waals surface area contributed by atoms with Gasteiger partial charge in [-0.3, -0.25) is 0 Å². The summed E-state index contributed by atoms with van der Waals surface area (Å²) in [6, 6.07) is 3.58. The molecule has 0 radical (unpaired) electrons. The molecule has 0 amide bonds. The molecule has 0 bridgehead atoms. The van der Waals surface area contributed by atoms with Crippen LogP contribution in [0.25, 0.3) is 11.5 Å². The SMILES string of the molecule is Cc1c(N)noc1-c1ccco1. The van der Waals surface area contributed by atoms with Crippen LogP contribution in [0.5, 0.6) is 0 Å². The lowest BCUT2D eigenvalue weighted by molar-refractivity contribution is 0.420. The second kappa shape index (κ2) is 2.41. The van der Waals surface area contributed by atoms with Crippen molar-refractivity contribution < 1.29 is 8.94 Å². The van der Waals surface area contributed by atoms with Crippen LogP contribution in [0.15, 0.2) is 27.3 Å². The Morgan fingerprint density at radius 2 is 2.33 bits per heavy atom. The summed E-state index contributed by atoms with van der Waals surface area (Å²) in [5.41, 5.74) is 6.31. The van der Waals surface area contributed by atoms with Gasteiger partial charge in [0.15, 0.2) is 11.6 Å². The highest BCUT2D eigenvalue weighted by Gasteiger charge is 2.12. The van der Waals surface area contributed by atoms with Gasteiger partial charge in [-0.1, -0.05) is 5.16 Å². The molecule has 2 rings (SSSR count). The van der Waals surface area contributed by atoms with E-state index in [1.165, 1.54) is 0 Å². The van der Waals surface area contributed by atoms with Crippen molar-refractivity contribution in [1.29, 1.82) is 0 Å². The topological polar surface area (TPSA) is 65.2 Å². The van der Waals surface area contributed by atoms with E-state index in [2.05, 4.69) is 5.16 Å². The van der Waals surface area contributed by atoms with Crippen molar-refractivity contribution in [2.24, 2.45) is 0 Å². The molecule has 0 saturated carbocycles. The van der Waals surface area contributed by atoms with Crippen molar-refractivity contribution in [1.82, 2.24) is 5.16 Å². The fourth-order valence-corrected chi connectivity index (χ4v) is 0.986. The molecule has 12 heavy (non-hydrogen) atoms. The number of nitrogen functional groups attached to an aromatic ring is 1. The first kappa shape index (κ1) is 6.97. The molecule has 0 aromatic carbocycles. The van der Waals surface area contributed by atoms with Crippen molar-refractivity contribution in [3.05, 3.63) is 24.0 Å². The molecule has 0 atom stereocenters. The second-order valence-electron chi connectivity index (χ2n) is 2.50. The van der Waals surface area contributed by atoms with E-state index in [1.54, 1.807) is 18.4 Å². The van der Waals surface area contributed by atoms with Gasteiger partial charge >= 0.3 is 0 Å². The third kappa shape index (κ3) is 0.887. The molecule has 2 aromatic heterocycles. The van der Waals surface area contributed by atoms with Gasteiger partial charge in [-0.25, -0.2) is 0 Å². The predicted molar refractivity (Wildman–Crippen MR) is 43.4 cm³/mol. The Morgan fingerprint density at radius 3 is 2.83 bits per heavy atom. The van der Waals surface area contributed by atoms with Crippen LogP contribution in [0.4, 0.5) is 5.82 Å². The quantitative estimate of drug-likeness (QED) is 0.698. The number of hydrogen-bond acceptors (Lipinski definition) is 4. The molecule has 0 saturated heterocycles. The number of aromatic nitrogens is 1. The Bertz CT molecular complexity index is 376. The number of nitrogens with zero attached hydrogens (tertiary/aromatic N) is 1. The van der Waals surface area contributed by atoms with Crippen LogP contribution in [0.2, 0.25) is 0 Å². The van der Waals surface area contributed by atoms with Crippen molar-refractivity contribution in [2.75, 3.05) is 5.73 Å². The zero-order valence-corrected chi connectivity index (χ0v) is 6.57. The zero-order valence-electron chi connectivity index (χ0n) is 6.57. The average Bonchev–Trinajstić information content (AvgIpc) is 2.64. The van der Waals surface area contributed by atoms with E-state index in [9.17, 15) is 0 Å². The van der Waals surface area contributed by atoms with Gasteiger partial charge in [0.2, 0.25) is 5.76 Å². The summed E-state index contributed by atoms with van der Waals surface area (Å²) < 4.78 is 10.1. The summed E-state index contributed by atoms with van der Waals surface area (Å²) >= 11 is 0. The Balaban J connectivity index is 2.55. The minimum atomic E-state index is 0.404. The maximum absolute atomic E-state index is 5.50. The highest BCUT2D eigenvalue weighted by Crippen LogP contribution is 2.26. The van der Waals surface area contributed by atoms with E-state index in [1.807, 2.05) is 6.92 Å². The largest absolute Gasteiger partial charge is 0.461 e. The van der Waals surface area contributed by atoms with Crippen molar-refractivity contribution in [2.45, 2.75) is 6.92 Å². The monoisotopic (exact) mass is 164 g/mol. The van der Waals surface area contributed by atoms with Gasteiger partial charge in [0, 0.05) is 5.56 Å². The summed E-state index contributed by atoms with van der Waals surface area (Å²) in [5, 5.41) is 3.61. The summed E-state index contributed by atoms with van der Waals surface area (Å²) in [7, 11) is 0. The van der Waals surface area contributed by atoms with Crippen molar-refractivity contribution in [3.63, 3.8) is 0 Å². The lowest BCUT2D eigenvalue weighted by Gasteiger charge is -1.88. The summed E-state index contributed by atoms with van der Waals surface area (Å²) in [5.74, 6) is 1.65. The molecule has 2 aromatic rings. The second-order valence-corrected chi connectivity index (χ2v) is 2.50. The third-order valence-corrected chi connectivity index (χ3v) is 1.71. The maximum Gasteiger partial charge on any atom is 0.207 e. The fraction of sp³-hybridized carbons (Fsp3) is 0.125. The number of furan rings is 1. The third-order valence-electron chi connectivity index (χ3n) is 1.71. The van der Waals surface area contributed by atoms with Crippen LogP contribution < -0.4 is 5.73 Å². The smallest absolute Gasteiger partial charge is 0.207 e. The molecular formula is C8H8N2O2. The predicted octanol–water partition coefficient (Wildman–Crippen LogP) is 1.83. The summed E-state index contributed by atoms with van der Waals surface area (Å²) in [4.78, 5) is 0. The average molecular weight is 164 g/mol. The maximum atomic E-state index is 5.50. The Kier molecular flexibility index (Phi) is 1.40. The molecule has 4 heteroatoms. The van der Waals surface area contributed by atoms with Crippen LogP contribution in [0.1, 0.15) is 5.56 Å². The first-order chi connectivity index (χ1) is 5.79. The first-order valence-corrected chi connectivity index (χ1v) is 3.54. The van der Waals surface area contributed by atoms with E-state index in [0.29, 0.717) is 17.3 Å². The van der Waals surface area contributed by atoms with Gasteiger partial charge in [0.1, 0.15) is 0 Å². The highest BCUT2D eigenvalue weighted by molar-refractivity contribution is 5.60. The molecule has 0 fully saturated rings. The van der Waals surface area contributed by atoms with E-state index < -0.39 is 0 Å². The van der Waals surface area contributed by atoms with Crippen molar-refractivity contribution >= 4 is 5.82 Å². The molecule has 0 unspecified atom stereocenters. The summed E-state index contributed by atoms with van der Waals surface area (Å²) in [6.07, 6.45) is 1.58. The molecule has 0 aliphatic heterocycles. The van der Waals surface area contributed by atoms with Gasteiger partial charge in [-0.15, -0.1) is 0 Å². The van der Waals surface area contributed by atoms with Crippen LogP contribution in [0, 0.1) is 6.92 Å². The molecule has 62 valence electrons. The number of anilines is 1. The molecule has 0 spiro atoms. The van der Waals surface area contributed by atoms with E-state index >= 15 is 0 Å². The Morgan fingerprint density at radius 1 is 1.50 bits per heavy atom. The van der Waals surface area contributed by atoms with Crippen molar-refractivity contribution in [3.8, 4) is 11.5 Å². The standard InChI is InChI=1S/C8H8N2O2/c1-5-7(12-10-8(5)9)6-3-2-4-11-6/h2-4H,1H3,(H2,9,10). The number of rotatable bonds is 1. The Labute approximate surface area is 69.0 Å². The number of nitrogens with two attached hydrogens (primary N) is 1. The van der Waals surface area contributed by atoms with Gasteiger partial charge in [-0.05, 0) is 19.1 Å². The van der Waals surface area contributed by atoms with Gasteiger partial charge < -0.3 is 14.7 Å². The molecule has 2 N–H and O–H groups in total. The first-order valence-electron chi connectivity index (χ1n) is 3.54. The van der Waals surface area contributed by atoms with E-state index in [0.717, 1.165) is 5.56 Å². The van der Waals surface area contributed by atoms with Crippen LogP contribution in [0.3, 0.4) is 0 Å². The molecule has 4 nitrogen and oxygen atoms in total. The summed E-state index contributed by atoms with van der Waals surface area (Å²) in [6.45, 7) is 1.84. The molecule has 0 aliphatic carbocycles. The minimum Gasteiger partial charge on any atom is -0.461 e. The lowest BCUT2D eigenvalue weighted by atomic mass is 10.2. The highest BCUT2D eigenvalue weighted by atomic mass is 16.5. The molecule has 0 aliphatic rings. The van der Waals surface area contributed by atoms with E-state index in [4.69, 9.17) is 14.7 Å². The van der Waals surface area contributed by atoms with Gasteiger partial charge in [0.25, 0.3) is 0 Å². The molecular weight excluding hydrogens is 156 g/mol. The van der Waals surface area contributed by atoms with E-state index in [-0.39, 0.29) is 0 Å². The normalized spacial score (nSPS) is 10.4.